The van der Waals surface area contributed by atoms with Gasteiger partial charge in [-0.1, -0.05) is 18.2 Å². The van der Waals surface area contributed by atoms with Crippen LogP contribution in [0.1, 0.15) is 18.3 Å². The Bertz CT molecular complexity index is 882. The Morgan fingerprint density at radius 1 is 1.32 bits per heavy atom. The molecule has 0 amide bonds. The van der Waals surface area contributed by atoms with Gasteiger partial charge in [-0.25, -0.2) is 9.19 Å². The maximum atomic E-state index is 11.6. The van der Waals surface area contributed by atoms with Gasteiger partial charge in [-0.05, 0) is 25.1 Å². The van der Waals surface area contributed by atoms with E-state index in [4.69, 9.17) is 10.5 Å². The van der Waals surface area contributed by atoms with E-state index in [0.717, 1.165) is 16.8 Å². The number of nitrogen functional groups attached to an aromatic ring is 1. The van der Waals surface area contributed by atoms with Crippen LogP contribution in [0, 0.1) is 0 Å². The summed E-state index contributed by atoms with van der Waals surface area (Å²) in [6, 6.07) is 12.9. The lowest BCUT2D eigenvalue weighted by atomic mass is 10.1. The molecule has 3 aromatic rings. The SMILES string of the molecule is CCOc1ccc2[nH]c(C(=S=O)c3ccccc3N)nc2c1. The average Bonchev–Trinajstić information content (AvgIpc) is 2.93. The first-order valence-corrected chi connectivity index (χ1v) is 7.61. The molecule has 22 heavy (non-hydrogen) atoms. The van der Waals surface area contributed by atoms with Gasteiger partial charge in [-0.15, -0.1) is 0 Å². The Balaban J connectivity index is 2.09. The Morgan fingerprint density at radius 3 is 2.86 bits per heavy atom. The van der Waals surface area contributed by atoms with E-state index in [1.165, 1.54) is 0 Å². The Hall–Kier alpha value is -2.60. The summed E-state index contributed by atoms with van der Waals surface area (Å²) in [6.07, 6.45) is 0. The molecule has 0 saturated heterocycles. The zero-order valence-corrected chi connectivity index (χ0v) is 12.8. The molecule has 0 fully saturated rings. The molecule has 0 radical (unpaired) electrons. The normalized spacial score (nSPS) is 10.6. The van der Waals surface area contributed by atoms with Crippen LogP contribution < -0.4 is 10.5 Å². The summed E-state index contributed by atoms with van der Waals surface area (Å²) in [5.74, 6) is 1.27. The third-order valence-electron chi connectivity index (χ3n) is 3.27. The lowest BCUT2D eigenvalue weighted by Crippen LogP contribution is -2.08. The molecule has 0 aliphatic rings. The van der Waals surface area contributed by atoms with Crippen molar-refractivity contribution >= 4 is 32.8 Å². The number of nitrogens with two attached hydrogens (primary N) is 1. The van der Waals surface area contributed by atoms with Gasteiger partial charge >= 0.3 is 0 Å². The number of aromatic amines is 1. The highest BCUT2D eigenvalue weighted by Gasteiger charge is 2.14. The largest absolute Gasteiger partial charge is 0.494 e. The number of hydrogen-bond acceptors (Lipinski definition) is 4. The van der Waals surface area contributed by atoms with Gasteiger partial charge in [0.2, 0.25) is 0 Å². The van der Waals surface area contributed by atoms with E-state index in [2.05, 4.69) is 9.97 Å². The Labute approximate surface area is 131 Å². The summed E-state index contributed by atoms with van der Waals surface area (Å²) in [6.45, 7) is 2.52. The number of hydrogen-bond donors (Lipinski definition) is 2. The van der Waals surface area contributed by atoms with E-state index >= 15 is 0 Å². The number of fused-ring (bicyclic) bond motifs is 1. The van der Waals surface area contributed by atoms with E-state index in [1.54, 1.807) is 6.07 Å². The predicted molar refractivity (Wildman–Crippen MR) is 89.5 cm³/mol. The lowest BCUT2D eigenvalue weighted by molar-refractivity contribution is 0.340. The molecule has 1 aromatic heterocycles. The Morgan fingerprint density at radius 2 is 2.14 bits per heavy atom. The molecular formula is C16H15N3O2S. The van der Waals surface area contributed by atoms with Crippen LogP contribution in [0.3, 0.4) is 0 Å². The van der Waals surface area contributed by atoms with E-state index in [1.807, 2.05) is 43.3 Å². The number of benzene rings is 2. The van der Waals surface area contributed by atoms with Crippen molar-refractivity contribution in [3.05, 3.63) is 53.9 Å². The molecule has 0 aliphatic heterocycles. The van der Waals surface area contributed by atoms with E-state index < -0.39 is 0 Å². The van der Waals surface area contributed by atoms with Crippen molar-refractivity contribution in [2.45, 2.75) is 6.92 Å². The zero-order chi connectivity index (χ0) is 15.5. The minimum Gasteiger partial charge on any atom is -0.494 e. The minimum atomic E-state index is 0.382. The first-order chi connectivity index (χ1) is 10.7. The van der Waals surface area contributed by atoms with Crippen molar-refractivity contribution in [3.63, 3.8) is 0 Å². The molecule has 1 heterocycles. The monoisotopic (exact) mass is 313 g/mol. The molecule has 0 aliphatic carbocycles. The highest BCUT2D eigenvalue weighted by molar-refractivity contribution is 7.67. The number of aromatic nitrogens is 2. The number of ether oxygens (including phenoxy) is 1. The van der Waals surface area contributed by atoms with Crippen molar-refractivity contribution in [3.8, 4) is 5.75 Å². The molecule has 0 unspecified atom stereocenters. The van der Waals surface area contributed by atoms with Crippen LogP contribution in [0.15, 0.2) is 42.5 Å². The number of nitrogens with zero attached hydrogens (tertiary/aromatic N) is 1. The highest BCUT2D eigenvalue weighted by Crippen LogP contribution is 2.21. The fourth-order valence-electron chi connectivity index (χ4n) is 2.27. The second-order valence-electron chi connectivity index (χ2n) is 4.70. The van der Waals surface area contributed by atoms with Crippen molar-refractivity contribution in [1.82, 2.24) is 9.97 Å². The van der Waals surface area contributed by atoms with Crippen LogP contribution in [0.4, 0.5) is 5.69 Å². The van der Waals surface area contributed by atoms with E-state index in [-0.39, 0.29) is 0 Å². The molecule has 0 bridgehead atoms. The van der Waals surface area contributed by atoms with Crippen LogP contribution in [0.5, 0.6) is 5.75 Å². The standard InChI is InChI=1S/C16H15N3O2S/c1-2-21-10-7-8-13-14(9-10)19-16(18-13)15(22-20)11-5-3-4-6-12(11)17/h3-9H,2,17H2,1H3,(H,18,19). The number of imidazole rings is 1. The predicted octanol–water partition coefficient (Wildman–Crippen LogP) is 2.33. The second-order valence-corrected chi connectivity index (χ2v) is 5.27. The average molecular weight is 313 g/mol. The van der Waals surface area contributed by atoms with Gasteiger partial charge in [0.05, 0.1) is 17.6 Å². The van der Waals surface area contributed by atoms with Gasteiger partial charge in [0.1, 0.15) is 21.9 Å². The quantitative estimate of drug-likeness (QED) is 0.440. The van der Waals surface area contributed by atoms with Gasteiger partial charge in [0.25, 0.3) is 0 Å². The van der Waals surface area contributed by atoms with Crippen LogP contribution in [0.2, 0.25) is 0 Å². The van der Waals surface area contributed by atoms with E-state index in [0.29, 0.717) is 39.8 Å². The fourth-order valence-corrected chi connectivity index (χ4v) is 2.72. The van der Waals surface area contributed by atoms with Gasteiger partial charge in [0, 0.05) is 17.3 Å². The van der Waals surface area contributed by atoms with Gasteiger partial charge in [-0.2, -0.15) is 0 Å². The Kier molecular flexibility index (Phi) is 3.93. The molecule has 0 atom stereocenters. The first kappa shape index (κ1) is 14.3. The highest BCUT2D eigenvalue weighted by atomic mass is 32.1. The summed E-state index contributed by atoms with van der Waals surface area (Å²) in [5, 5.41) is 0. The summed E-state index contributed by atoms with van der Waals surface area (Å²) < 4.78 is 17.0. The summed E-state index contributed by atoms with van der Waals surface area (Å²) in [5.41, 5.74) is 8.79. The molecule has 3 rings (SSSR count). The number of H-pyrrole nitrogens is 1. The summed E-state index contributed by atoms with van der Waals surface area (Å²) >= 11 is 0.382. The second kappa shape index (κ2) is 6.03. The van der Waals surface area contributed by atoms with Crippen LogP contribution >= 0.6 is 0 Å². The van der Waals surface area contributed by atoms with Crippen LogP contribution in [-0.4, -0.2) is 25.6 Å². The molecule has 5 nitrogen and oxygen atoms in total. The lowest BCUT2D eigenvalue weighted by Gasteiger charge is -2.03. The van der Waals surface area contributed by atoms with Crippen LogP contribution in [-0.2, 0) is 11.3 Å². The smallest absolute Gasteiger partial charge is 0.152 e. The van der Waals surface area contributed by atoms with Crippen molar-refractivity contribution < 1.29 is 8.95 Å². The molecule has 2 aromatic carbocycles. The van der Waals surface area contributed by atoms with Crippen molar-refractivity contribution in [1.29, 1.82) is 0 Å². The van der Waals surface area contributed by atoms with Gasteiger partial charge in [-0.3, -0.25) is 0 Å². The molecular weight excluding hydrogens is 298 g/mol. The number of rotatable bonds is 4. The summed E-state index contributed by atoms with van der Waals surface area (Å²) in [4.78, 5) is 8.14. The minimum absolute atomic E-state index is 0.382. The molecule has 112 valence electrons. The maximum Gasteiger partial charge on any atom is 0.152 e. The molecule has 0 saturated carbocycles. The maximum absolute atomic E-state index is 11.6. The van der Waals surface area contributed by atoms with Gasteiger partial charge in [0.15, 0.2) is 5.82 Å². The number of para-hydroxylation sites is 1. The first-order valence-electron chi connectivity index (χ1n) is 6.87. The molecule has 0 spiro atoms. The number of nitrogens with one attached hydrogen (secondary N) is 1. The van der Waals surface area contributed by atoms with Crippen molar-refractivity contribution in [2.75, 3.05) is 12.3 Å². The van der Waals surface area contributed by atoms with Crippen molar-refractivity contribution in [2.24, 2.45) is 0 Å². The fraction of sp³-hybridized carbons (Fsp3) is 0.125. The third kappa shape index (κ3) is 2.60. The summed E-state index contributed by atoms with van der Waals surface area (Å²) in [7, 11) is 0. The van der Waals surface area contributed by atoms with Crippen LogP contribution in [0.25, 0.3) is 11.0 Å². The molecule has 6 heteroatoms. The third-order valence-corrected chi connectivity index (χ3v) is 3.85. The zero-order valence-electron chi connectivity index (χ0n) is 12.0. The van der Waals surface area contributed by atoms with E-state index in [9.17, 15) is 4.21 Å². The number of anilines is 1. The topological polar surface area (TPSA) is 81.0 Å². The molecule has 3 N–H and O–H groups in total. The van der Waals surface area contributed by atoms with Gasteiger partial charge < -0.3 is 15.5 Å².